The molecule has 4 N–H and O–H groups in total. The molecule has 2 aromatic carbocycles. The van der Waals surface area contributed by atoms with Gasteiger partial charge in [-0.05, 0) is 36.1 Å². The van der Waals surface area contributed by atoms with Crippen molar-refractivity contribution in [2.24, 2.45) is 0 Å². The normalized spacial score (nSPS) is 12.3. The number of carbonyl (C=O) groups excluding carboxylic acids is 3. The molecular weight excluding hydrogens is 410 g/mol. The number of hydrogen-bond acceptors (Lipinski definition) is 5. The Hall–Kier alpha value is -3.39. The summed E-state index contributed by atoms with van der Waals surface area (Å²) in [7, 11) is 0. The van der Waals surface area contributed by atoms with Crippen molar-refractivity contribution < 1.29 is 24.2 Å². The van der Waals surface area contributed by atoms with E-state index in [0.29, 0.717) is 24.9 Å². The van der Waals surface area contributed by atoms with E-state index >= 15 is 0 Å². The molecule has 0 spiro atoms. The molecule has 2 atom stereocenters. The molecule has 0 aliphatic rings. The number of alkyl carbamates (subject to hydrolysis) is 1. The summed E-state index contributed by atoms with van der Waals surface area (Å²) in [6.45, 7) is 3.70. The van der Waals surface area contributed by atoms with E-state index in [4.69, 9.17) is 9.84 Å². The molecule has 172 valence electrons. The Labute approximate surface area is 188 Å². The summed E-state index contributed by atoms with van der Waals surface area (Å²) in [6.07, 6.45) is 0.776. The van der Waals surface area contributed by atoms with Crippen molar-refractivity contribution in [2.45, 2.75) is 58.4 Å². The number of nitrogens with one attached hydrogen (secondary N) is 3. The van der Waals surface area contributed by atoms with Gasteiger partial charge in [0.1, 0.15) is 18.7 Å². The van der Waals surface area contributed by atoms with Crippen LogP contribution in [-0.4, -0.2) is 35.1 Å². The molecule has 8 heteroatoms. The Bertz CT molecular complexity index is 871. The summed E-state index contributed by atoms with van der Waals surface area (Å²) in [4.78, 5) is 37.5. The lowest BCUT2D eigenvalue weighted by Gasteiger charge is -2.22. The Morgan fingerprint density at radius 1 is 0.875 bits per heavy atom. The number of rotatable bonds is 11. The van der Waals surface area contributed by atoms with E-state index < -0.39 is 24.1 Å². The summed E-state index contributed by atoms with van der Waals surface area (Å²) >= 11 is 0. The zero-order valence-corrected chi connectivity index (χ0v) is 18.5. The van der Waals surface area contributed by atoms with Crippen molar-refractivity contribution in [1.29, 1.82) is 0 Å². The molecule has 0 heterocycles. The lowest BCUT2D eigenvalue weighted by atomic mass is 10.1. The van der Waals surface area contributed by atoms with Gasteiger partial charge in [0.25, 0.3) is 0 Å². The highest BCUT2D eigenvalue weighted by atomic mass is 16.5. The number of anilines is 1. The summed E-state index contributed by atoms with van der Waals surface area (Å²) in [5.74, 6) is -0.799. The van der Waals surface area contributed by atoms with E-state index in [1.165, 1.54) is 0 Å². The second-order valence-corrected chi connectivity index (χ2v) is 7.36. The van der Waals surface area contributed by atoms with Crippen LogP contribution in [0.1, 0.15) is 44.2 Å². The lowest BCUT2D eigenvalue weighted by Crippen LogP contribution is -2.52. The fourth-order valence-corrected chi connectivity index (χ4v) is 3.01. The van der Waals surface area contributed by atoms with E-state index in [9.17, 15) is 14.4 Å². The van der Waals surface area contributed by atoms with Crippen LogP contribution in [0.4, 0.5) is 10.5 Å². The van der Waals surface area contributed by atoms with Gasteiger partial charge in [0.2, 0.25) is 11.8 Å². The smallest absolute Gasteiger partial charge is 0.408 e. The monoisotopic (exact) mass is 441 g/mol. The first-order chi connectivity index (χ1) is 15.5. The first kappa shape index (κ1) is 24.9. The molecule has 8 nitrogen and oxygen atoms in total. The van der Waals surface area contributed by atoms with Crippen LogP contribution in [0.15, 0.2) is 54.6 Å². The summed E-state index contributed by atoms with van der Waals surface area (Å²) in [5, 5.41) is 17.2. The fraction of sp³-hybridized carbons (Fsp3) is 0.375. The van der Waals surface area contributed by atoms with Crippen molar-refractivity contribution in [3.05, 3.63) is 65.7 Å². The number of carbonyl (C=O) groups is 3. The number of amides is 3. The van der Waals surface area contributed by atoms with E-state index in [-0.39, 0.29) is 19.1 Å². The van der Waals surface area contributed by atoms with Gasteiger partial charge in [-0.3, -0.25) is 9.59 Å². The zero-order valence-electron chi connectivity index (χ0n) is 18.5. The largest absolute Gasteiger partial charge is 0.445 e. The average molecular weight is 442 g/mol. The minimum atomic E-state index is -0.825. The maximum atomic E-state index is 12.7. The third-order valence-corrected chi connectivity index (χ3v) is 4.84. The van der Waals surface area contributed by atoms with Crippen molar-refractivity contribution in [1.82, 2.24) is 10.6 Å². The molecule has 2 rings (SSSR count). The van der Waals surface area contributed by atoms with Crippen LogP contribution >= 0.6 is 0 Å². The highest BCUT2D eigenvalue weighted by Crippen LogP contribution is 2.11. The molecule has 0 aliphatic heterocycles. The van der Waals surface area contributed by atoms with Crippen LogP contribution in [0, 0.1) is 0 Å². The Kier molecular flexibility index (Phi) is 10.2. The quantitative estimate of drug-likeness (QED) is 0.428. The molecule has 0 fully saturated rings. The molecule has 2 aromatic rings. The summed E-state index contributed by atoms with van der Waals surface area (Å²) in [6, 6.07) is 14.5. The van der Waals surface area contributed by atoms with Crippen LogP contribution in [0.2, 0.25) is 0 Å². The van der Waals surface area contributed by atoms with Gasteiger partial charge in [-0.1, -0.05) is 62.7 Å². The van der Waals surface area contributed by atoms with Crippen LogP contribution in [0.5, 0.6) is 0 Å². The minimum absolute atomic E-state index is 0.0814. The molecule has 0 aliphatic carbocycles. The van der Waals surface area contributed by atoms with Gasteiger partial charge in [-0.15, -0.1) is 0 Å². The van der Waals surface area contributed by atoms with E-state index in [1.54, 1.807) is 31.2 Å². The van der Waals surface area contributed by atoms with Crippen LogP contribution < -0.4 is 16.0 Å². The van der Waals surface area contributed by atoms with Crippen molar-refractivity contribution in [3.63, 3.8) is 0 Å². The van der Waals surface area contributed by atoms with Crippen LogP contribution in [0.3, 0.4) is 0 Å². The van der Waals surface area contributed by atoms with Crippen molar-refractivity contribution >= 4 is 23.6 Å². The Balaban J connectivity index is 1.91. The molecule has 0 unspecified atom stereocenters. The highest BCUT2D eigenvalue weighted by Gasteiger charge is 2.25. The lowest BCUT2D eigenvalue weighted by molar-refractivity contribution is -0.128. The van der Waals surface area contributed by atoms with Gasteiger partial charge in [0.05, 0.1) is 6.61 Å². The third kappa shape index (κ3) is 8.03. The molecule has 32 heavy (non-hydrogen) atoms. The van der Waals surface area contributed by atoms with Crippen LogP contribution in [-0.2, 0) is 27.5 Å². The molecule has 0 bridgehead atoms. The second-order valence-electron chi connectivity index (χ2n) is 7.36. The highest BCUT2D eigenvalue weighted by molar-refractivity contribution is 5.98. The van der Waals surface area contributed by atoms with Gasteiger partial charge >= 0.3 is 6.09 Å². The van der Waals surface area contributed by atoms with Crippen LogP contribution in [0.25, 0.3) is 0 Å². The van der Waals surface area contributed by atoms with E-state index in [0.717, 1.165) is 11.1 Å². The number of hydrogen-bond donors (Lipinski definition) is 4. The summed E-state index contributed by atoms with van der Waals surface area (Å²) < 4.78 is 5.18. The van der Waals surface area contributed by atoms with Gasteiger partial charge in [-0.2, -0.15) is 0 Å². The Morgan fingerprint density at radius 2 is 1.56 bits per heavy atom. The molecule has 0 radical (unpaired) electrons. The first-order valence-corrected chi connectivity index (χ1v) is 10.7. The number of aliphatic hydroxyl groups is 1. The Morgan fingerprint density at radius 3 is 2.16 bits per heavy atom. The topological polar surface area (TPSA) is 117 Å². The second kappa shape index (κ2) is 13.1. The predicted octanol–water partition coefficient (Wildman–Crippen LogP) is 3.11. The number of aliphatic hydroxyl groups excluding tert-OH is 1. The van der Waals surface area contributed by atoms with Gasteiger partial charge in [0, 0.05) is 5.69 Å². The fourth-order valence-electron chi connectivity index (χ4n) is 3.01. The van der Waals surface area contributed by atoms with Crippen molar-refractivity contribution in [3.8, 4) is 0 Å². The SMILES string of the molecule is CCC[C@H](NC(=O)[C@H](CC)NC(=O)OCc1ccccc1)C(=O)Nc1ccc(CO)cc1. The maximum Gasteiger partial charge on any atom is 0.408 e. The van der Waals surface area contributed by atoms with E-state index in [1.807, 2.05) is 37.3 Å². The van der Waals surface area contributed by atoms with Gasteiger partial charge in [0.15, 0.2) is 0 Å². The molecule has 3 amide bonds. The van der Waals surface area contributed by atoms with Gasteiger partial charge < -0.3 is 25.8 Å². The standard InChI is InChI=1S/C24H31N3O5/c1-3-8-21(23(30)25-19-13-11-17(15-28)12-14-19)26-22(29)20(4-2)27-24(31)32-16-18-9-6-5-7-10-18/h5-7,9-14,20-21,28H,3-4,8,15-16H2,1-2H3,(H,25,30)(H,26,29)(H,27,31)/t20-,21-/m0/s1. The first-order valence-electron chi connectivity index (χ1n) is 10.7. The molecule has 0 saturated carbocycles. The molecule has 0 saturated heterocycles. The third-order valence-electron chi connectivity index (χ3n) is 4.84. The molecular formula is C24H31N3O5. The number of ether oxygens (including phenoxy) is 1. The average Bonchev–Trinajstić information content (AvgIpc) is 2.82. The minimum Gasteiger partial charge on any atom is -0.445 e. The zero-order chi connectivity index (χ0) is 23.3. The molecule has 0 aromatic heterocycles. The number of benzene rings is 2. The summed E-state index contributed by atoms with van der Waals surface area (Å²) in [5.41, 5.74) is 2.14. The predicted molar refractivity (Wildman–Crippen MR) is 122 cm³/mol. The van der Waals surface area contributed by atoms with E-state index in [2.05, 4.69) is 16.0 Å². The maximum absolute atomic E-state index is 12.7. The van der Waals surface area contributed by atoms with Gasteiger partial charge in [-0.25, -0.2) is 4.79 Å². The van der Waals surface area contributed by atoms with Crippen molar-refractivity contribution in [2.75, 3.05) is 5.32 Å².